The van der Waals surface area contributed by atoms with E-state index in [9.17, 15) is 8.42 Å². The van der Waals surface area contributed by atoms with E-state index >= 15 is 0 Å². The minimum absolute atomic E-state index is 0.262. The molecule has 0 saturated carbocycles. The van der Waals surface area contributed by atoms with E-state index in [1.807, 2.05) is 19.9 Å². The minimum atomic E-state index is -3.62. The first-order chi connectivity index (χ1) is 10.5. The van der Waals surface area contributed by atoms with Crippen LogP contribution in [-0.2, 0) is 10.0 Å². The second-order valence-corrected chi connectivity index (χ2v) is 8.26. The van der Waals surface area contributed by atoms with Gasteiger partial charge in [0.2, 0.25) is 0 Å². The van der Waals surface area contributed by atoms with Gasteiger partial charge in [0.25, 0.3) is 10.0 Å². The zero-order valence-electron chi connectivity index (χ0n) is 12.5. The number of rotatable bonds is 6. The molecule has 0 atom stereocenters. The van der Waals surface area contributed by atoms with Gasteiger partial charge < -0.3 is 4.74 Å². The fourth-order valence-corrected chi connectivity index (χ4v) is 4.02. The molecule has 0 N–H and O–H groups in total. The van der Waals surface area contributed by atoms with E-state index in [2.05, 4.69) is 0 Å². The molecule has 2 aromatic rings. The lowest BCUT2D eigenvalue weighted by atomic mass is 10.2. The van der Waals surface area contributed by atoms with Crippen molar-refractivity contribution in [3.8, 4) is 5.75 Å². The predicted octanol–water partition coefficient (Wildman–Crippen LogP) is 4.33. The molecule has 0 saturated heterocycles. The summed E-state index contributed by atoms with van der Waals surface area (Å²) in [6.45, 7) is 4.48. The Kier molecular flexibility index (Phi) is 5.69. The predicted molar refractivity (Wildman–Crippen MR) is 97.1 cm³/mol. The Morgan fingerprint density at radius 2 is 1.73 bits per heavy atom. The van der Waals surface area contributed by atoms with Gasteiger partial charge in [-0.05, 0) is 37.6 Å². The molecule has 0 radical (unpaired) electrons. The van der Waals surface area contributed by atoms with E-state index in [0.29, 0.717) is 18.0 Å². The van der Waals surface area contributed by atoms with Crippen LogP contribution in [0.5, 0.6) is 5.75 Å². The number of halogens is 1. The molecule has 0 aliphatic heterocycles. The van der Waals surface area contributed by atoms with E-state index in [-0.39, 0.29) is 4.90 Å². The third kappa shape index (κ3) is 3.73. The third-order valence-corrected chi connectivity index (χ3v) is 6.61. The van der Waals surface area contributed by atoms with Crippen molar-refractivity contribution in [2.45, 2.75) is 25.2 Å². The molecular weight excluding hydrogens is 413 g/mol. The molecule has 0 fully saturated rings. The smallest absolute Gasteiger partial charge is 0.272 e. The fourth-order valence-electron chi connectivity index (χ4n) is 1.87. The number of benzene rings is 2. The fraction of sp³-hybridized carbons (Fsp3) is 0.250. The Labute approximate surface area is 145 Å². The van der Waals surface area contributed by atoms with Crippen LogP contribution in [0.1, 0.15) is 18.9 Å². The normalized spacial score (nSPS) is 11.2. The van der Waals surface area contributed by atoms with Crippen molar-refractivity contribution in [1.82, 2.24) is 0 Å². The molecule has 0 aromatic heterocycles. The molecule has 0 aliphatic carbocycles. The highest BCUT2D eigenvalue weighted by atomic mass is 127. The van der Waals surface area contributed by atoms with Crippen LogP contribution in [0.15, 0.2) is 53.4 Å². The first-order valence-electron chi connectivity index (χ1n) is 6.96. The van der Waals surface area contributed by atoms with Crippen molar-refractivity contribution in [2.24, 2.45) is 0 Å². The molecule has 0 unspecified atom stereocenters. The zero-order chi connectivity index (χ0) is 16.2. The van der Waals surface area contributed by atoms with E-state index in [1.54, 1.807) is 65.3 Å². The molecule has 118 valence electrons. The molecule has 0 amide bonds. The van der Waals surface area contributed by atoms with Crippen LogP contribution in [0.2, 0.25) is 0 Å². The van der Waals surface area contributed by atoms with Gasteiger partial charge in [0.05, 0.1) is 34.4 Å². The Bertz CT molecular complexity index is 729. The lowest BCUT2D eigenvalue weighted by molar-refractivity contribution is 0.319. The van der Waals surface area contributed by atoms with Crippen LogP contribution < -0.4 is 7.26 Å². The van der Waals surface area contributed by atoms with Gasteiger partial charge in [0.15, 0.2) is 0 Å². The average Bonchev–Trinajstić information content (AvgIpc) is 2.53. The van der Waals surface area contributed by atoms with Crippen LogP contribution in [0.3, 0.4) is 0 Å². The quantitative estimate of drug-likeness (QED) is 0.506. The molecule has 2 aromatic carbocycles. The number of hydrogen-bond acceptors (Lipinski definition) is 3. The molecule has 4 nitrogen and oxygen atoms in total. The number of anilines is 1. The summed E-state index contributed by atoms with van der Waals surface area (Å²) in [5.41, 5.74) is 1.54. The van der Waals surface area contributed by atoms with E-state index in [1.165, 1.54) is 2.52 Å². The number of aryl methyl sites for hydroxylation is 1. The minimum Gasteiger partial charge on any atom is -0.491 e. The van der Waals surface area contributed by atoms with Crippen LogP contribution >= 0.6 is 22.9 Å². The SMILES string of the molecule is CCCOc1ccccc1N(I)S(=O)(=O)c1ccc(C)cc1. The van der Waals surface area contributed by atoms with Crippen LogP contribution in [0.4, 0.5) is 5.69 Å². The number of sulfonamides is 1. The standard InChI is InChI=1S/C16H18INO3S/c1-3-12-21-16-7-5-4-6-15(16)18(17)22(19,20)14-10-8-13(2)9-11-14/h4-11H,3,12H2,1-2H3. The van der Waals surface area contributed by atoms with Gasteiger partial charge >= 0.3 is 0 Å². The Morgan fingerprint density at radius 3 is 2.36 bits per heavy atom. The van der Waals surface area contributed by atoms with Gasteiger partial charge in [0.1, 0.15) is 11.4 Å². The van der Waals surface area contributed by atoms with E-state index < -0.39 is 10.0 Å². The van der Waals surface area contributed by atoms with Crippen molar-refractivity contribution in [2.75, 3.05) is 9.13 Å². The van der Waals surface area contributed by atoms with Crippen LogP contribution in [0, 0.1) is 6.92 Å². The molecule has 22 heavy (non-hydrogen) atoms. The van der Waals surface area contributed by atoms with E-state index in [4.69, 9.17) is 4.74 Å². The van der Waals surface area contributed by atoms with Crippen molar-refractivity contribution >= 4 is 38.6 Å². The van der Waals surface area contributed by atoms with Crippen LogP contribution in [-0.4, -0.2) is 15.0 Å². The summed E-state index contributed by atoms with van der Waals surface area (Å²) in [4.78, 5) is 0.262. The Hall–Kier alpha value is -1.28. The van der Waals surface area contributed by atoms with Gasteiger partial charge in [-0.2, -0.15) is 0 Å². The van der Waals surface area contributed by atoms with Gasteiger partial charge in [-0.3, -0.25) is 0 Å². The number of ether oxygens (including phenoxy) is 1. The summed E-state index contributed by atoms with van der Waals surface area (Å²) in [5, 5.41) is 0. The van der Waals surface area contributed by atoms with Crippen LogP contribution in [0.25, 0.3) is 0 Å². The average molecular weight is 431 g/mol. The highest BCUT2D eigenvalue weighted by Gasteiger charge is 2.25. The summed E-state index contributed by atoms with van der Waals surface area (Å²) >= 11 is 1.81. The Morgan fingerprint density at radius 1 is 1.09 bits per heavy atom. The summed E-state index contributed by atoms with van der Waals surface area (Å²) < 4.78 is 32.3. The van der Waals surface area contributed by atoms with Crippen molar-refractivity contribution in [3.05, 3.63) is 54.1 Å². The maximum atomic E-state index is 12.7. The van der Waals surface area contributed by atoms with E-state index in [0.717, 1.165) is 12.0 Å². The number of hydrogen-bond donors (Lipinski definition) is 0. The van der Waals surface area contributed by atoms with Crippen molar-refractivity contribution in [1.29, 1.82) is 0 Å². The largest absolute Gasteiger partial charge is 0.491 e. The maximum absolute atomic E-state index is 12.7. The Balaban J connectivity index is 2.38. The molecule has 0 heterocycles. The van der Waals surface area contributed by atoms with Crippen molar-refractivity contribution < 1.29 is 13.2 Å². The first kappa shape index (κ1) is 17.1. The maximum Gasteiger partial charge on any atom is 0.272 e. The molecule has 0 aliphatic rings. The van der Waals surface area contributed by atoms with Gasteiger partial charge in [-0.1, -0.05) is 36.8 Å². The van der Waals surface area contributed by atoms with Gasteiger partial charge in [0, 0.05) is 0 Å². The molecular formula is C16H18INO3S. The summed E-state index contributed by atoms with van der Waals surface area (Å²) in [6, 6.07) is 14.0. The monoisotopic (exact) mass is 431 g/mol. The molecule has 2 rings (SSSR count). The second kappa shape index (κ2) is 7.32. The second-order valence-electron chi connectivity index (χ2n) is 4.85. The lowest BCUT2D eigenvalue weighted by Gasteiger charge is -2.20. The third-order valence-electron chi connectivity index (χ3n) is 3.05. The lowest BCUT2D eigenvalue weighted by Crippen LogP contribution is -2.21. The molecule has 0 bridgehead atoms. The highest BCUT2D eigenvalue weighted by Crippen LogP contribution is 2.35. The number of para-hydroxylation sites is 2. The molecule has 6 heteroatoms. The zero-order valence-corrected chi connectivity index (χ0v) is 15.5. The first-order valence-corrected chi connectivity index (χ1v) is 9.37. The molecule has 0 spiro atoms. The van der Waals surface area contributed by atoms with Crippen molar-refractivity contribution in [3.63, 3.8) is 0 Å². The highest BCUT2D eigenvalue weighted by molar-refractivity contribution is 14.1. The summed E-state index contributed by atoms with van der Waals surface area (Å²) in [5.74, 6) is 0.564. The van der Waals surface area contributed by atoms with Gasteiger partial charge in [-0.25, -0.2) is 10.9 Å². The number of nitrogens with zero attached hydrogens (tertiary/aromatic N) is 1. The van der Waals surface area contributed by atoms with Gasteiger partial charge in [-0.15, -0.1) is 0 Å². The summed E-state index contributed by atoms with van der Waals surface area (Å²) in [6.07, 6.45) is 0.861. The summed E-state index contributed by atoms with van der Waals surface area (Å²) in [7, 11) is -3.62. The topological polar surface area (TPSA) is 46.6 Å².